The van der Waals surface area contributed by atoms with Crippen LogP contribution in [0.2, 0.25) is 0 Å². The molecule has 0 unspecified atom stereocenters. The van der Waals surface area contributed by atoms with E-state index in [0.29, 0.717) is 39.3 Å². The maximum atomic E-state index is 13.7. The summed E-state index contributed by atoms with van der Waals surface area (Å²) in [5.74, 6) is 0. The Morgan fingerprint density at radius 3 is 2.38 bits per heavy atom. The first-order valence-electron chi connectivity index (χ1n) is 12.9. The molecule has 2 aliphatic heterocycles. The van der Waals surface area contributed by atoms with E-state index in [1.54, 1.807) is 16.8 Å². The van der Waals surface area contributed by atoms with Gasteiger partial charge >= 0.3 is 6.03 Å². The van der Waals surface area contributed by atoms with E-state index in [4.69, 9.17) is 4.74 Å². The Bertz CT molecular complexity index is 1290. The number of hydrogen-bond donors (Lipinski definition) is 1. The standard InChI is InChI=1S/C30H35N3O4/c1-29(2)21-32(28(35)33-17-18-37-20-26(33)24-11-7-4-8-12-24)16-14-30(29,36)22-31-15-13-25(19-27(31)34)23-9-5-3-6-10-23/h3-13,15,19,26,36H,14,16-18,20-22H2,1-2H3/t26-,30+/m0/s1. The van der Waals surface area contributed by atoms with Crippen LogP contribution in [0, 0.1) is 5.41 Å². The smallest absolute Gasteiger partial charge is 0.320 e. The zero-order chi connectivity index (χ0) is 26.0. The molecular weight excluding hydrogens is 466 g/mol. The monoisotopic (exact) mass is 501 g/mol. The first-order valence-corrected chi connectivity index (χ1v) is 12.9. The van der Waals surface area contributed by atoms with E-state index in [-0.39, 0.29) is 24.2 Å². The SMILES string of the molecule is CC1(C)CN(C(=O)N2CCOC[C@H]2c2ccccc2)CC[C@@]1(O)Cn1ccc(-c2ccccc2)cc1=O. The third-order valence-electron chi connectivity index (χ3n) is 8.01. The highest BCUT2D eigenvalue weighted by atomic mass is 16.5. The Kier molecular flexibility index (Phi) is 6.92. The number of aromatic nitrogens is 1. The number of amides is 2. The molecule has 0 bridgehead atoms. The van der Waals surface area contributed by atoms with Crippen LogP contribution in [0.15, 0.2) is 83.8 Å². The molecule has 3 aromatic rings. The van der Waals surface area contributed by atoms with Gasteiger partial charge in [-0.25, -0.2) is 4.79 Å². The summed E-state index contributed by atoms with van der Waals surface area (Å²) in [6.45, 7) is 6.47. The number of nitrogens with zero attached hydrogens (tertiary/aromatic N) is 3. The van der Waals surface area contributed by atoms with Crippen LogP contribution in [-0.2, 0) is 11.3 Å². The average Bonchev–Trinajstić information content (AvgIpc) is 2.92. The first kappa shape index (κ1) is 25.2. The third kappa shape index (κ3) is 5.06. The quantitative estimate of drug-likeness (QED) is 0.582. The van der Waals surface area contributed by atoms with E-state index >= 15 is 0 Å². The topological polar surface area (TPSA) is 75.0 Å². The zero-order valence-electron chi connectivity index (χ0n) is 21.5. The third-order valence-corrected chi connectivity index (χ3v) is 8.01. The predicted molar refractivity (Wildman–Crippen MR) is 143 cm³/mol. The Morgan fingerprint density at radius 2 is 1.70 bits per heavy atom. The minimum atomic E-state index is -1.13. The molecule has 2 aromatic carbocycles. The maximum absolute atomic E-state index is 13.7. The van der Waals surface area contributed by atoms with E-state index in [1.807, 2.05) is 90.4 Å². The number of piperidine rings is 1. The highest BCUT2D eigenvalue weighted by Gasteiger charge is 2.49. The van der Waals surface area contributed by atoms with Gasteiger partial charge in [-0.2, -0.15) is 0 Å². The number of aliphatic hydroxyl groups is 1. The van der Waals surface area contributed by atoms with Crippen molar-refractivity contribution in [3.63, 3.8) is 0 Å². The van der Waals surface area contributed by atoms with Crippen molar-refractivity contribution in [2.75, 3.05) is 32.8 Å². The van der Waals surface area contributed by atoms with Crippen LogP contribution < -0.4 is 5.56 Å². The van der Waals surface area contributed by atoms with Gasteiger partial charge in [0.25, 0.3) is 5.56 Å². The fraction of sp³-hybridized carbons (Fsp3) is 0.400. The molecular formula is C30H35N3O4. The van der Waals surface area contributed by atoms with Crippen LogP contribution in [-0.4, -0.2) is 64.0 Å². The fourth-order valence-electron chi connectivity index (χ4n) is 5.51. The average molecular weight is 502 g/mol. The molecule has 7 nitrogen and oxygen atoms in total. The highest BCUT2D eigenvalue weighted by Crippen LogP contribution is 2.40. The van der Waals surface area contributed by atoms with Crippen molar-refractivity contribution in [1.29, 1.82) is 0 Å². The summed E-state index contributed by atoms with van der Waals surface area (Å²) >= 11 is 0. The second-order valence-electron chi connectivity index (χ2n) is 10.8. The molecule has 2 saturated heterocycles. The van der Waals surface area contributed by atoms with Crippen LogP contribution in [0.1, 0.15) is 31.9 Å². The van der Waals surface area contributed by atoms with Gasteiger partial charge in [-0.05, 0) is 29.2 Å². The molecule has 5 rings (SSSR count). The molecule has 3 heterocycles. The fourth-order valence-corrected chi connectivity index (χ4v) is 5.51. The van der Waals surface area contributed by atoms with Gasteiger partial charge in [-0.15, -0.1) is 0 Å². The van der Waals surface area contributed by atoms with Crippen molar-refractivity contribution in [1.82, 2.24) is 14.4 Å². The summed E-state index contributed by atoms with van der Waals surface area (Å²) < 4.78 is 7.29. The van der Waals surface area contributed by atoms with Crippen molar-refractivity contribution < 1.29 is 14.6 Å². The summed E-state index contributed by atoms with van der Waals surface area (Å²) in [5, 5.41) is 11.8. The van der Waals surface area contributed by atoms with Crippen molar-refractivity contribution in [2.24, 2.45) is 5.41 Å². The molecule has 2 atom stereocenters. The van der Waals surface area contributed by atoms with Gasteiger partial charge in [0.05, 0.1) is 31.4 Å². The molecule has 194 valence electrons. The largest absolute Gasteiger partial charge is 0.387 e. The van der Waals surface area contributed by atoms with E-state index in [9.17, 15) is 14.7 Å². The minimum absolute atomic E-state index is 0.0309. The van der Waals surface area contributed by atoms with Crippen LogP contribution >= 0.6 is 0 Å². The number of benzene rings is 2. The highest BCUT2D eigenvalue weighted by molar-refractivity contribution is 5.75. The maximum Gasteiger partial charge on any atom is 0.320 e. The molecule has 0 aliphatic carbocycles. The second kappa shape index (κ2) is 10.1. The molecule has 1 aromatic heterocycles. The summed E-state index contributed by atoms with van der Waals surface area (Å²) in [4.78, 5) is 30.4. The summed E-state index contributed by atoms with van der Waals surface area (Å²) in [6, 6.07) is 23.1. The zero-order valence-corrected chi connectivity index (χ0v) is 21.5. The van der Waals surface area contributed by atoms with Gasteiger partial charge in [-0.3, -0.25) is 4.79 Å². The van der Waals surface area contributed by atoms with Crippen molar-refractivity contribution in [3.8, 4) is 11.1 Å². The van der Waals surface area contributed by atoms with Crippen molar-refractivity contribution in [2.45, 2.75) is 38.5 Å². The van der Waals surface area contributed by atoms with Gasteiger partial charge in [0, 0.05) is 37.3 Å². The number of pyridine rings is 1. The molecule has 0 spiro atoms. The molecule has 37 heavy (non-hydrogen) atoms. The lowest BCUT2D eigenvalue weighted by atomic mass is 9.70. The lowest BCUT2D eigenvalue weighted by Crippen LogP contribution is -2.62. The van der Waals surface area contributed by atoms with Gasteiger partial charge in [0.15, 0.2) is 0 Å². The molecule has 0 radical (unpaired) electrons. The second-order valence-corrected chi connectivity index (χ2v) is 10.8. The number of urea groups is 1. The van der Waals surface area contributed by atoms with Crippen LogP contribution in [0.3, 0.4) is 0 Å². The molecule has 2 aliphatic rings. The number of morpholine rings is 1. The van der Waals surface area contributed by atoms with Crippen LogP contribution in [0.25, 0.3) is 11.1 Å². The van der Waals surface area contributed by atoms with Gasteiger partial charge in [-0.1, -0.05) is 74.5 Å². The molecule has 0 saturated carbocycles. The van der Waals surface area contributed by atoms with E-state index in [2.05, 4.69) is 0 Å². The van der Waals surface area contributed by atoms with E-state index < -0.39 is 11.0 Å². The van der Waals surface area contributed by atoms with Crippen LogP contribution in [0.5, 0.6) is 0 Å². The summed E-state index contributed by atoms with van der Waals surface area (Å²) in [7, 11) is 0. The number of ether oxygens (including phenoxy) is 1. The Hall–Kier alpha value is -3.42. The lowest BCUT2D eigenvalue weighted by Gasteiger charge is -2.51. The molecule has 1 N–H and O–H groups in total. The Balaban J connectivity index is 1.31. The molecule has 2 fully saturated rings. The summed E-state index contributed by atoms with van der Waals surface area (Å²) in [5.41, 5.74) is 0.991. The predicted octanol–water partition coefficient (Wildman–Crippen LogP) is 4.17. The van der Waals surface area contributed by atoms with E-state index in [1.165, 1.54) is 0 Å². The van der Waals surface area contributed by atoms with Crippen LogP contribution in [0.4, 0.5) is 4.79 Å². The number of carbonyl (C=O) groups is 1. The molecule has 7 heteroatoms. The van der Waals surface area contributed by atoms with Crippen molar-refractivity contribution >= 4 is 6.03 Å². The normalized spacial score (nSPS) is 23.6. The van der Waals surface area contributed by atoms with Gasteiger partial charge < -0.3 is 24.2 Å². The Morgan fingerprint density at radius 1 is 1.00 bits per heavy atom. The number of hydrogen-bond acceptors (Lipinski definition) is 4. The molecule has 2 amide bonds. The lowest BCUT2D eigenvalue weighted by molar-refractivity contribution is -0.123. The Labute approximate surface area is 217 Å². The number of likely N-dealkylation sites (tertiary alicyclic amines) is 1. The number of rotatable bonds is 4. The summed E-state index contributed by atoms with van der Waals surface area (Å²) in [6.07, 6.45) is 2.15. The van der Waals surface area contributed by atoms with Crippen molar-refractivity contribution in [3.05, 3.63) is 94.9 Å². The van der Waals surface area contributed by atoms with Gasteiger partial charge in [0.2, 0.25) is 0 Å². The minimum Gasteiger partial charge on any atom is -0.387 e. The number of carbonyl (C=O) groups excluding carboxylic acids is 1. The van der Waals surface area contributed by atoms with Gasteiger partial charge in [0.1, 0.15) is 0 Å². The van der Waals surface area contributed by atoms with E-state index in [0.717, 1.165) is 16.7 Å². The first-order chi connectivity index (χ1) is 17.8.